The molecule has 1 amide bonds. The van der Waals surface area contributed by atoms with Crippen molar-refractivity contribution in [1.82, 2.24) is 4.90 Å². The Morgan fingerprint density at radius 1 is 1.14 bits per heavy atom. The number of benzene rings is 3. The van der Waals surface area contributed by atoms with E-state index in [1.807, 2.05) is 6.92 Å². The second kappa shape index (κ2) is 11.8. The van der Waals surface area contributed by atoms with Crippen LogP contribution in [-0.4, -0.2) is 32.8 Å². The maximum Gasteiger partial charge on any atom is 0.331 e. The Labute approximate surface area is 227 Å². The first-order valence-electron chi connectivity index (χ1n) is 11.2. The van der Waals surface area contributed by atoms with Crippen LogP contribution in [0.25, 0.3) is 6.08 Å². The number of thioether (sulfide) groups is 1. The minimum atomic E-state index is -1.24. The van der Waals surface area contributed by atoms with Gasteiger partial charge in [-0.1, -0.05) is 78.0 Å². The number of thiocarbonyl (C=S) groups is 1. The van der Waals surface area contributed by atoms with Crippen molar-refractivity contribution in [2.24, 2.45) is 0 Å². The van der Waals surface area contributed by atoms with Crippen molar-refractivity contribution in [3.8, 4) is 11.5 Å². The van der Waals surface area contributed by atoms with Crippen molar-refractivity contribution in [3.63, 3.8) is 0 Å². The summed E-state index contributed by atoms with van der Waals surface area (Å²) in [6, 6.07) is 16.7. The van der Waals surface area contributed by atoms with Crippen molar-refractivity contribution in [2.75, 3.05) is 6.61 Å². The highest BCUT2D eigenvalue weighted by Gasteiger charge is 2.41. The fourth-order valence-electron chi connectivity index (χ4n) is 3.71. The van der Waals surface area contributed by atoms with E-state index in [1.54, 1.807) is 60.7 Å². The highest BCUT2D eigenvalue weighted by Crippen LogP contribution is 2.39. The quantitative estimate of drug-likeness (QED) is 0.238. The molecule has 0 spiro atoms. The first-order valence-corrected chi connectivity index (χ1v) is 12.8. The Morgan fingerprint density at radius 3 is 2.57 bits per heavy atom. The van der Waals surface area contributed by atoms with Gasteiger partial charge in [0.25, 0.3) is 5.91 Å². The highest BCUT2D eigenvalue weighted by molar-refractivity contribution is 8.26. The lowest BCUT2D eigenvalue weighted by atomic mass is 10.1. The molecule has 1 heterocycles. The molecule has 4 rings (SSSR count). The number of carboxylic acids is 1. The number of amides is 1. The number of hydrogen-bond donors (Lipinski definition) is 1. The zero-order valence-electron chi connectivity index (χ0n) is 19.5. The molecule has 6 nitrogen and oxygen atoms in total. The summed E-state index contributed by atoms with van der Waals surface area (Å²) in [5.74, 6) is -1.38. The largest absolute Gasteiger partial charge is 0.490 e. The molecule has 1 N–H and O–H groups in total. The molecule has 1 aliphatic heterocycles. The number of rotatable bonds is 9. The van der Waals surface area contributed by atoms with Crippen LogP contribution in [-0.2, 0) is 16.2 Å². The second-order valence-corrected chi connectivity index (χ2v) is 9.91. The summed E-state index contributed by atoms with van der Waals surface area (Å²) in [7, 11) is 0. The molecule has 3 aromatic carbocycles. The summed E-state index contributed by atoms with van der Waals surface area (Å²) in [5.41, 5.74) is 1.29. The topological polar surface area (TPSA) is 76.1 Å². The maximum absolute atomic E-state index is 14.1. The Morgan fingerprint density at radius 2 is 1.89 bits per heavy atom. The summed E-state index contributed by atoms with van der Waals surface area (Å²) >= 11 is 12.5. The van der Waals surface area contributed by atoms with Crippen molar-refractivity contribution in [1.29, 1.82) is 0 Å². The van der Waals surface area contributed by atoms with Crippen LogP contribution in [0.15, 0.2) is 71.6 Å². The number of carbonyl (C=O) groups excluding carboxylic acids is 1. The van der Waals surface area contributed by atoms with Crippen LogP contribution in [0.1, 0.15) is 29.7 Å². The van der Waals surface area contributed by atoms with Gasteiger partial charge in [0, 0.05) is 5.56 Å². The molecule has 0 radical (unpaired) electrons. The molecular weight excluding hydrogens is 537 g/mol. The van der Waals surface area contributed by atoms with Gasteiger partial charge in [-0.2, -0.15) is 0 Å². The average Bonchev–Trinajstić information content (AvgIpc) is 3.13. The monoisotopic (exact) mass is 557 g/mol. The zero-order valence-corrected chi connectivity index (χ0v) is 21.9. The van der Waals surface area contributed by atoms with Gasteiger partial charge in [-0.05, 0) is 48.4 Å². The summed E-state index contributed by atoms with van der Waals surface area (Å²) in [5, 5.41) is 10.1. The lowest BCUT2D eigenvalue weighted by molar-refractivity contribution is -0.145. The van der Waals surface area contributed by atoms with Crippen molar-refractivity contribution >= 4 is 57.9 Å². The summed E-state index contributed by atoms with van der Waals surface area (Å²) in [6.45, 7) is 2.06. The molecule has 10 heteroatoms. The summed E-state index contributed by atoms with van der Waals surface area (Å²) in [4.78, 5) is 26.7. The minimum absolute atomic E-state index is 0.0976. The molecule has 0 aliphatic carbocycles. The van der Waals surface area contributed by atoms with Gasteiger partial charge in [0.05, 0.1) is 16.5 Å². The maximum atomic E-state index is 14.1. The molecule has 0 saturated carbocycles. The predicted octanol–water partition coefficient (Wildman–Crippen LogP) is 6.48. The van der Waals surface area contributed by atoms with E-state index in [1.165, 1.54) is 12.1 Å². The van der Waals surface area contributed by atoms with E-state index < -0.39 is 23.7 Å². The van der Waals surface area contributed by atoms with E-state index in [-0.39, 0.29) is 26.4 Å². The van der Waals surface area contributed by atoms with Crippen LogP contribution in [0.5, 0.6) is 11.5 Å². The van der Waals surface area contributed by atoms with E-state index in [2.05, 4.69) is 0 Å². The number of halogens is 2. The van der Waals surface area contributed by atoms with Gasteiger partial charge < -0.3 is 14.6 Å². The zero-order chi connectivity index (χ0) is 26.5. The SMILES string of the molecule is CCOc1cc(/C=C2/SC(=S)N(C(C(=O)O)c3ccccc3)C2=O)ccc1OCc1c(F)cccc1Cl. The average molecular weight is 558 g/mol. The standard InChI is InChI=1S/C27H21ClFNO5S2/c1-2-34-22-13-16(11-12-21(22)35-15-18-19(28)9-6-10-20(18)29)14-23-25(31)30(27(36)37-23)24(26(32)33)17-7-4-3-5-8-17/h3-14,24H,2,15H2,1H3,(H,32,33)/b23-14+. The third kappa shape index (κ3) is 5.95. The molecule has 37 heavy (non-hydrogen) atoms. The highest BCUT2D eigenvalue weighted by atomic mass is 35.5. The third-order valence-corrected chi connectivity index (χ3v) is 7.11. The normalized spacial score (nSPS) is 15.2. The lowest BCUT2D eigenvalue weighted by Crippen LogP contribution is -2.37. The van der Waals surface area contributed by atoms with E-state index in [0.717, 1.165) is 16.7 Å². The number of carbonyl (C=O) groups is 2. The van der Waals surface area contributed by atoms with Crippen LogP contribution in [0.3, 0.4) is 0 Å². The molecule has 1 fully saturated rings. The van der Waals surface area contributed by atoms with Crippen molar-refractivity contribution < 1.29 is 28.6 Å². The van der Waals surface area contributed by atoms with Gasteiger partial charge in [0.15, 0.2) is 17.5 Å². The van der Waals surface area contributed by atoms with Crippen LogP contribution >= 0.6 is 35.6 Å². The Balaban J connectivity index is 1.59. The fraction of sp³-hybridized carbons (Fsp3) is 0.148. The van der Waals surface area contributed by atoms with Gasteiger partial charge >= 0.3 is 5.97 Å². The van der Waals surface area contributed by atoms with Gasteiger partial charge in [0.2, 0.25) is 0 Å². The minimum Gasteiger partial charge on any atom is -0.490 e. The summed E-state index contributed by atoms with van der Waals surface area (Å²) < 4.78 is 25.8. The number of carboxylic acid groups (broad SMARTS) is 1. The fourth-order valence-corrected chi connectivity index (χ4v) is 5.24. The lowest BCUT2D eigenvalue weighted by Gasteiger charge is -2.23. The molecule has 0 aromatic heterocycles. The molecule has 1 aliphatic rings. The molecule has 3 aromatic rings. The molecule has 1 unspecified atom stereocenters. The van der Waals surface area contributed by atoms with E-state index in [0.29, 0.717) is 29.2 Å². The molecule has 1 saturated heterocycles. The first-order chi connectivity index (χ1) is 17.8. The molecular formula is C27H21ClFNO5S2. The Hall–Kier alpha value is -3.40. The Bertz CT molecular complexity index is 1360. The number of nitrogens with zero attached hydrogens (tertiary/aromatic N) is 1. The number of ether oxygens (including phenoxy) is 2. The van der Waals surface area contributed by atoms with Gasteiger partial charge in [-0.15, -0.1) is 0 Å². The third-order valence-electron chi connectivity index (χ3n) is 5.43. The molecule has 190 valence electrons. The van der Waals surface area contributed by atoms with E-state index in [9.17, 15) is 19.1 Å². The van der Waals surface area contributed by atoms with E-state index >= 15 is 0 Å². The molecule has 1 atom stereocenters. The van der Waals surface area contributed by atoms with Crippen LogP contribution in [0, 0.1) is 5.82 Å². The van der Waals surface area contributed by atoms with Gasteiger partial charge in [0.1, 0.15) is 16.7 Å². The van der Waals surface area contributed by atoms with Crippen LogP contribution < -0.4 is 9.47 Å². The second-order valence-electron chi connectivity index (χ2n) is 7.83. The van der Waals surface area contributed by atoms with Gasteiger partial charge in [-0.25, -0.2) is 9.18 Å². The van der Waals surface area contributed by atoms with Crippen molar-refractivity contribution in [3.05, 3.63) is 99.2 Å². The molecule has 0 bridgehead atoms. The van der Waals surface area contributed by atoms with E-state index in [4.69, 9.17) is 33.3 Å². The Kier molecular flexibility index (Phi) is 8.48. The van der Waals surface area contributed by atoms with Crippen molar-refractivity contribution in [2.45, 2.75) is 19.6 Å². The summed E-state index contributed by atoms with van der Waals surface area (Å²) in [6.07, 6.45) is 1.61. The van der Waals surface area contributed by atoms with Crippen LogP contribution in [0.4, 0.5) is 4.39 Å². The predicted molar refractivity (Wildman–Crippen MR) is 145 cm³/mol. The smallest absolute Gasteiger partial charge is 0.331 e. The van der Waals surface area contributed by atoms with Gasteiger partial charge in [-0.3, -0.25) is 9.69 Å². The number of hydrogen-bond acceptors (Lipinski definition) is 6. The van der Waals surface area contributed by atoms with Crippen LogP contribution in [0.2, 0.25) is 5.02 Å². The first kappa shape index (κ1) is 26.7. The number of aliphatic carboxylic acids is 1.